The fourth-order valence-corrected chi connectivity index (χ4v) is 6.82. The van der Waals surface area contributed by atoms with Gasteiger partial charge in [-0.15, -0.1) is 0 Å². The zero-order valence-corrected chi connectivity index (χ0v) is 17.0. The van der Waals surface area contributed by atoms with Crippen LogP contribution in [0, 0.1) is 11.8 Å². The van der Waals surface area contributed by atoms with Crippen LogP contribution in [0.3, 0.4) is 0 Å². The maximum atomic E-state index is 12.9. The van der Waals surface area contributed by atoms with E-state index in [1.54, 1.807) is 9.21 Å². The Bertz CT molecular complexity index is 615. The van der Waals surface area contributed by atoms with Gasteiger partial charge >= 0.3 is 0 Å². The fraction of sp³-hybridized carbons (Fsp3) is 0.947. The van der Waals surface area contributed by atoms with E-state index >= 15 is 0 Å². The summed E-state index contributed by atoms with van der Waals surface area (Å²) in [5.74, 6) is 0.907. The van der Waals surface area contributed by atoms with Gasteiger partial charge in [0, 0.05) is 51.7 Å². The van der Waals surface area contributed by atoms with Crippen LogP contribution in [0.25, 0.3) is 0 Å². The molecule has 0 radical (unpaired) electrons. The van der Waals surface area contributed by atoms with Gasteiger partial charge in [0.15, 0.2) is 0 Å². The van der Waals surface area contributed by atoms with Crippen LogP contribution in [0.15, 0.2) is 0 Å². The molecule has 0 aromatic carbocycles. The predicted octanol–water partition coefficient (Wildman–Crippen LogP) is 0.761. The lowest BCUT2D eigenvalue weighted by Gasteiger charge is -2.43. The molecule has 8 heteroatoms. The number of ether oxygens (including phenoxy) is 1. The second-order valence-corrected chi connectivity index (χ2v) is 10.9. The van der Waals surface area contributed by atoms with Gasteiger partial charge in [0.1, 0.15) is 5.25 Å². The molecular weight excluding hydrogens is 366 g/mol. The Balaban J connectivity index is 1.22. The minimum Gasteiger partial charge on any atom is -0.379 e. The van der Waals surface area contributed by atoms with Crippen LogP contribution >= 0.6 is 0 Å². The molecule has 1 aliphatic carbocycles. The Morgan fingerprint density at radius 2 is 1.56 bits per heavy atom. The molecule has 3 heterocycles. The topological polar surface area (TPSA) is 70.2 Å². The molecule has 0 aromatic rings. The van der Waals surface area contributed by atoms with Crippen LogP contribution in [0.4, 0.5) is 0 Å². The first kappa shape index (κ1) is 19.6. The summed E-state index contributed by atoms with van der Waals surface area (Å²) in [6, 6.07) is 0. The number of nitrogens with zero attached hydrogens (tertiary/aromatic N) is 3. The van der Waals surface area contributed by atoms with E-state index in [2.05, 4.69) is 4.90 Å². The van der Waals surface area contributed by atoms with Crippen LogP contribution in [-0.2, 0) is 19.6 Å². The molecule has 3 aliphatic heterocycles. The van der Waals surface area contributed by atoms with Crippen molar-refractivity contribution in [3.05, 3.63) is 0 Å². The molecule has 1 amide bonds. The summed E-state index contributed by atoms with van der Waals surface area (Å²) in [5, 5.41) is -0.390. The highest BCUT2D eigenvalue weighted by molar-refractivity contribution is 7.89. The minimum absolute atomic E-state index is 0.143. The first-order valence-corrected chi connectivity index (χ1v) is 12.1. The number of carbonyl (C=O) groups is 1. The van der Waals surface area contributed by atoms with Crippen LogP contribution < -0.4 is 0 Å². The van der Waals surface area contributed by atoms with Crippen LogP contribution in [-0.4, -0.2) is 92.7 Å². The maximum absolute atomic E-state index is 12.9. The molecule has 0 atom stereocenters. The number of piperidine rings is 1. The molecule has 3 saturated heterocycles. The summed E-state index contributed by atoms with van der Waals surface area (Å²) in [6.07, 6.45) is 6.09. The van der Waals surface area contributed by atoms with Gasteiger partial charge in [0.05, 0.1) is 13.2 Å². The normalized spacial score (nSPS) is 27.8. The third-order valence-electron chi connectivity index (χ3n) is 6.84. The maximum Gasteiger partial charge on any atom is 0.225 e. The SMILES string of the molecule is O=C(C1CCCC1)N1CC(S(=O)(=O)N2CCC(CN3CCOCC3)CC2)C1. The Labute approximate surface area is 163 Å². The smallest absolute Gasteiger partial charge is 0.225 e. The third kappa shape index (κ3) is 4.33. The first-order valence-electron chi connectivity index (χ1n) is 10.6. The number of likely N-dealkylation sites (tertiary alicyclic amines) is 1. The van der Waals surface area contributed by atoms with E-state index in [0.717, 1.165) is 71.4 Å². The fourth-order valence-electron chi connectivity index (χ4n) is 4.94. The van der Waals surface area contributed by atoms with Gasteiger partial charge in [-0.25, -0.2) is 12.7 Å². The first-order chi connectivity index (χ1) is 13.0. The van der Waals surface area contributed by atoms with Crippen molar-refractivity contribution >= 4 is 15.9 Å². The zero-order chi connectivity index (χ0) is 18.9. The standard InChI is InChI=1S/C19H33N3O4S/c23-19(17-3-1-2-4-17)21-14-18(15-21)27(24,25)22-7-5-16(6-8-22)13-20-9-11-26-12-10-20/h16-18H,1-15H2. The number of carbonyl (C=O) groups excluding carboxylic acids is 1. The molecule has 0 N–H and O–H groups in total. The molecule has 7 nitrogen and oxygen atoms in total. The number of sulfonamides is 1. The highest BCUT2D eigenvalue weighted by Crippen LogP contribution is 2.31. The lowest BCUT2D eigenvalue weighted by atomic mass is 9.97. The summed E-state index contributed by atoms with van der Waals surface area (Å²) in [7, 11) is -3.27. The Hall–Kier alpha value is -0.700. The second-order valence-electron chi connectivity index (χ2n) is 8.65. The molecule has 4 aliphatic rings. The van der Waals surface area contributed by atoms with Crippen molar-refractivity contribution in [2.24, 2.45) is 11.8 Å². The van der Waals surface area contributed by atoms with Gasteiger partial charge in [0.2, 0.25) is 15.9 Å². The highest BCUT2D eigenvalue weighted by Gasteiger charge is 2.45. The monoisotopic (exact) mass is 399 g/mol. The Kier molecular flexibility index (Phi) is 6.06. The Morgan fingerprint density at radius 1 is 0.926 bits per heavy atom. The molecule has 154 valence electrons. The zero-order valence-electron chi connectivity index (χ0n) is 16.2. The van der Waals surface area contributed by atoms with Gasteiger partial charge < -0.3 is 9.64 Å². The molecule has 4 fully saturated rings. The van der Waals surface area contributed by atoms with Gasteiger partial charge in [-0.05, 0) is 31.6 Å². The van der Waals surface area contributed by atoms with E-state index in [1.165, 1.54) is 0 Å². The summed E-state index contributed by atoms with van der Waals surface area (Å²) >= 11 is 0. The second kappa shape index (κ2) is 8.35. The lowest BCUT2D eigenvalue weighted by molar-refractivity contribution is -0.138. The van der Waals surface area contributed by atoms with Crippen molar-refractivity contribution in [1.82, 2.24) is 14.1 Å². The average molecular weight is 400 g/mol. The summed E-state index contributed by atoms with van der Waals surface area (Å²) in [6.45, 7) is 6.71. The number of hydrogen-bond donors (Lipinski definition) is 0. The van der Waals surface area contributed by atoms with Crippen LogP contribution in [0.2, 0.25) is 0 Å². The molecule has 0 unspecified atom stereocenters. The molecule has 1 saturated carbocycles. The number of rotatable bonds is 5. The van der Waals surface area contributed by atoms with Gasteiger partial charge in [0.25, 0.3) is 0 Å². The van der Waals surface area contributed by atoms with Gasteiger partial charge in [-0.1, -0.05) is 12.8 Å². The molecule has 4 rings (SSSR count). The predicted molar refractivity (Wildman–Crippen MR) is 103 cm³/mol. The molecule has 27 heavy (non-hydrogen) atoms. The molecule has 0 bridgehead atoms. The van der Waals surface area contributed by atoms with Crippen molar-refractivity contribution in [3.63, 3.8) is 0 Å². The van der Waals surface area contributed by atoms with Crippen LogP contribution in [0.5, 0.6) is 0 Å². The summed E-state index contributed by atoms with van der Waals surface area (Å²) < 4.78 is 32.9. The molecule has 0 aromatic heterocycles. The largest absolute Gasteiger partial charge is 0.379 e. The third-order valence-corrected chi connectivity index (χ3v) is 9.06. The van der Waals surface area contributed by atoms with Crippen molar-refractivity contribution in [2.45, 2.75) is 43.8 Å². The van der Waals surface area contributed by atoms with E-state index < -0.39 is 15.3 Å². The van der Waals surface area contributed by atoms with Gasteiger partial charge in [-0.2, -0.15) is 0 Å². The van der Waals surface area contributed by atoms with E-state index in [0.29, 0.717) is 32.1 Å². The minimum atomic E-state index is -3.27. The quantitative estimate of drug-likeness (QED) is 0.683. The van der Waals surface area contributed by atoms with Gasteiger partial charge in [-0.3, -0.25) is 9.69 Å². The van der Waals surface area contributed by atoms with Crippen LogP contribution in [0.1, 0.15) is 38.5 Å². The average Bonchev–Trinajstić information content (AvgIpc) is 3.16. The lowest BCUT2D eigenvalue weighted by Crippen LogP contribution is -2.61. The highest BCUT2D eigenvalue weighted by atomic mass is 32.2. The van der Waals surface area contributed by atoms with E-state index in [1.807, 2.05) is 0 Å². The van der Waals surface area contributed by atoms with Crippen molar-refractivity contribution < 1.29 is 17.9 Å². The van der Waals surface area contributed by atoms with E-state index in [-0.39, 0.29) is 11.8 Å². The number of morpholine rings is 1. The number of amides is 1. The molecule has 0 spiro atoms. The Morgan fingerprint density at radius 3 is 2.19 bits per heavy atom. The van der Waals surface area contributed by atoms with Crippen molar-refractivity contribution in [3.8, 4) is 0 Å². The van der Waals surface area contributed by atoms with Crippen molar-refractivity contribution in [2.75, 3.05) is 59.0 Å². The summed E-state index contributed by atoms with van der Waals surface area (Å²) in [5.41, 5.74) is 0. The molecular formula is C19H33N3O4S. The van der Waals surface area contributed by atoms with E-state index in [9.17, 15) is 13.2 Å². The summed E-state index contributed by atoms with van der Waals surface area (Å²) in [4.78, 5) is 16.6. The van der Waals surface area contributed by atoms with Crippen molar-refractivity contribution in [1.29, 1.82) is 0 Å². The number of hydrogen-bond acceptors (Lipinski definition) is 5. The van der Waals surface area contributed by atoms with E-state index in [4.69, 9.17) is 4.74 Å².